The van der Waals surface area contributed by atoms with Gasteiger partial charge in [0.25, 0.3) is 5.69 Å². The van der Waals surface area contributed by atoms with Crippen LogP contribution in [0.1, 0.15) is 32.1 Å². The number of nitro benzene ring substituents is 1. The Morgan fingerprint density at radius 3 is 2.46 bits per heavy atom. The van der Waals surface area contributed by atoms with Gasteiger partial charge in [0.1, 0.15) is 10.0 Å². The number of non-ortho nitro benzene ring substituents is 1. The second-order valence-corrected chi connectivity index (χ2v) is 15.0. The fourth-order valence-corrected chi connectivity index (χ4v) is 9.98. The smallest absolute Gasteiger partial charge is 0.270 e. The van der Waals surface area contributed by atoms with Crippen molar-refractivity contribution in [2.24, 2.45) is 11.8 Å². The third kappa shape index (κ3) is 5.82. The Morgan fingerprint density at radius 1 is 0.949 bits per heavy atom. The molecule has 3 heterocycles. The Kier molecular flexibility index (Phi) is 7.58. The van der Waals surface area contributed by atoms with E-state index in [4.69, 9.17) is 4.37 Å². The fraction of sp³-hybridized carbons (Fsp3) is 0.464. The number of sulfone groups is 1. The molecule has 0 radical (unpaired) electrons. The van der Waals surface area contributed by atoms with Crippen molar-refractivity contribution in [3.63, 3.8) is 0 Å². The summed E-state index contributed by atoms with van der Waals surface area (Å²) in [6.07, 6.45) is 5.25. The van der Waals surface area contributed by atoms with Crippen LogP contribution in [0.15, 0.2) is 52.7 Å². The molecule has 2 aromatic heterocycles. The van der Waals surface area contributed by atoms with Crippen molar-refractivity contribution in [3.05, 3.63) is 58.6 Å². The number of benzene rings is 2. The highest BCUT2D eigenvalue weighted by Gasteiger charge is 2.29. The van der Waals surface area contributed by atoms with Crippen LogP contribution in [0.5, 0.6) is 0 Å². The molecule has 6 rings (SSSR count). The highest BCUT2D eigenvalue weighted by Crippen LogP contribution is 2.36. The van der Waals surface area contributed by atoms with E-state index < -0.39 is 14.8 Å². The molecule has 1 aliphatic heterocycles. The lowest BCUT2D eigenvalue weighted by molar-refractivity contribution is -0.384. The number of hydrogen-bond donors (Lipinski definition) is 0. The van der Waals surface area contributed by atoms with E-state index in [-0.39, 0.29) is 17.4 Å². The number of fused-ring (bicyclic) bond motifs is 2. The maximum atomic E-state index is 13.1. The molecule has 2 aliphatic rings. The van der Waals surface area contributed by atoms with Crippen molar-refractivity contribution >= 4 is 64.4 Å². The fourth-order valence-electron chi connectivity index (χ4n) is 6.00. The zero-order valence-corrected chi connectivity index (χ0v) is 24.1. The monoisotopic (exact) mass is 584 g/mol. The van der Waals surface area contributed by atoms with Gasteiger partial charge < -0.3 is 4.90 Å². The zero-order chi connectivity index (χ0) is 27.0. The molecule has 0 bridgehead atoms. The summed E-state index contributed by atoms with van der Waals surface area (Å²) in [6.45, 7) is 5.22. The van der Waals surface area contributed by atoms with Crippen LogP contribution in [-0.4, -0.2) is 61.1 Å². The Hall–Kier alpha value is -2.60. The first-order valence-corrected chi connectivity index (χ1v) is 16.8. The number of anilines is 1. The van der Waals surface area contributed by atoms with E-state index in [0.717, 1.165) is 68.9 Å². The number of nitro groups is 1. The summed E-state index contributed by atoms with van der Waals surface area (Å²) in [5.41, 5.74) is -0.0162. The summed E-state index contributed by atoms with van der Waals surface area (Å²) in [5, 5.41) is 12.9. The van der Waals surface area contributed by atoms with Gasteiger partial charge in [-0.1, -0.05) is 25.0 Å². The van der Waals surface area contributed by atoms with Gasteiger partial charge in [-0.15, -0.1) is 11.3 Å². The molecule has 39 heavy (non-hydrogen) atoms. The highest BCUT2D eigenvalue weighted by molar-refractivity contribution is 7.93. The summed E-state index contributed by atoms with van der Waals surface area (Å²) in [6, 6.07) is 14.6. The van der Waals surface area contributed by atoms with Gasteiger partial charge in [-0.2, -0.15) is 4.37 Å². The molecule has 0 unspecified atom stereocenters. The van der Waals surface area contributed by atoms with E-state index in [9.17, 15) is 18.5 Å². The molecule has 2 fully saturated rings. The van der Waals surface area contributed by atoms with Crippen molar-refractivity contribution < 1.29 is 13.3 Å². The first kappa shape index (κ1) is 26.6. The van der Waals surface area contributed by atoms with Gasteiger partial charge in [0.15, 0.2) is 9.84 Å². The van der Waals surface area contributed by atoms with Gasteiger partial charge in [0, 0.05) is 53.8 Å². The van der Waals surface area contributed by atoms with Gasteiger partial charge >= 0.3 is 0 Å². The van der Waals surface area contributed by atoms with Crippen molar-refractivity contribution in [2.45, 2.75) is 36.3 Å². The third-order valence-corrected chi connectivity index (χ3v) is 12.7. The number of aromatic nitrogens is 1. The maximum Gasteiger partial charge on any atom is 0.270 e. The summed E-state index contributed by atoms with van der Waals surface area (Å²) in [5.74, 6) is 2.14. The predicted octanol–water partition coefficient (Wildman–Crippen LogP) is 6.21. The van der Waals surface area contributed by atoms with Crippen LogP contribution >= 0.6 is 22.9 Å². The number of piperazine rings is 1. The van der Waals surface area contributed by atoms with Gasteiger partial charge in [0.05, 0.1) is 15.4 Å². The van der Waals surface area contributed by atoms with Crippen LogP contribution in [0.2, 0.25) is 0 Å². The first-order valence-electron chi connectivity index (χ1n) is 13.6. The second kappa shape index (κ2) is 11.1. The predicted molar refractivity (Wildman–Crippen MR) is 159 cm³/mol. The van der Waals surface area contributed by atoms with Crippen molar-refractivity contribution in [2.75, 3.05) is 43.4 Å². The molecule has 206 valence electrons. The molecule has 2 aromatic carbocycles. The summed E-state index contributed by atoms with van der Waals surface area (Å²) < 4.78 is 33.4. The number of nitrogens with zero attached hydrogens (tertiary/aromatic N) is 4. The second-order valence-electron chi connectivity index (χ2n) is 10.8. The Bertz CT molecular complexity index is 1580. The first-order chi connectivity index (χ1) is 18.9. The SMILES string of the molecule is O=[N+]([O-])c1ccc2sc(S(=O)(=O)CC3CCC(CCN4CCN(c5nsc6ccccc56)CC4)CC3)cc2c1. The van der Waals surface area contributed by atoms with Gasteiger partial charge in [-0.05, 0) is 73.4 Å². The average molecular weight is 585 g/mol. The summed E-state index contributed by atoms with van der Waals surface area (Å²) in [7, 11) is -3.41. The molecule has 8 nitrogen and oxygen atoms in total. The molecule has 0 N–H and O–H groups in total. The van der Waals surface area contributed by atoms with Crippen LogP contribution in [0.3, 0.4) is 0 Å². The zero-order valence-electron chi connectivity index (χ0n) is 21.7. The summed E-state index contributed by atoms with van der Waals surface area (Å²) >= 11 is 2.79. The Labute approximate surface area is 236 Å². The number of hydrogen-bond acceptors (Lipinski definition) is 9. The summed E-state index contributed by atoms with van der Waals surface area (Å²) in [4.78, 5) is 15.6. The van der Waals surface area contributed by atoms with Crippen molar-refractivity contribution in [1.29, 1.82) is 0 Å². The molecule has 0 amide bonds. The molecular weight excluding hydrogens is 553 g/mol. The molecule has 1 saturated heterocycles. The maximum absolute atomic E-state index is 13.1. The van der Waals surface area contributed by atoms with Crippen molar-refractivity contribution in [1.82, 2.24) is 9.27 Å². The standard InChI is InChI=1S/C28H32N4O4S3/c33-32(34)23-9-10-25-22(17-23)18-27(37-25)39(35,36)19-21-7-5-20(6-8-21)11-12-30-13-15-31(16-14-30)28-24-3-1-2-4-26(24)38-29-28/h1-4,9-10,17-18,20-21H,5-8,11-16,19H2. The minimum Gasteiger partial charge on any atom is -0.353 e. The molecule has 11 heteroatoms. The van der Waals surface area contributed by atoms with E-state index in [0.29, 0.717) is 15.5 Å². The van der Waals surface area contributed by atoms with Crippen LogP contribution in [0.4, 0.5) is 11.5 Å². The molecule has 1 aliphatic carbocycles. The van der Waals surface area contributed by atoms with Gasteiger partial charge in [-0.3, -0.25) is 15.0 Å². The van der Waals surface area contributed by atoms with Crippen molar-refractivity contribution in [3.8, 4) is 0 Å². The third-order valence-electron chi connectivity index (χ3n) is 8.30. The topological polar surface area (TPSA) is 96.6 Å². The van der Waals surface area contributed by atoms with Crippen LogP contribution in [0.25, 0.3) is 20.2 Å². The number of rotatable bonds is 8. The highest BCUT2D eigenvalue weighted by atomic mass is 32.2. The molecule has 0 spiro atoms. The van der Waals surface area contributed by atoms with Gasteiger partial charge in [-0.25, -0.2) is 8.42 Å². The van der Waals surface area contributed by atoms with E-state index >= 15 is 0 Å². The Morgan fingerprint density at radius 2 is 1.69 bits per heavy atom. The Balaban J connectivity index is 0.961. The van der Waals surface area contributed by atoms with E-state index in [1.807, 2.05) is 0 Å². The largest absolute Gasteiger partial charge is 0.353 e. The molecule has 1 saturated carbocycles. The van der Waals surface area contributed by atoms with E-state index in [1.54, 1.807) is 23.7 Å². The van der Waals surface area contributed by atoms with Crippen LogP contribution in [-0.2, 0) is 9.84 Å². The van der Waals surface area contributed by atoms with Gasteiger partial charge in [0.2, 0.25) is 0 Å². The lowest BCUT2D eigenvalue weighted by Crippen LogP contribution is -2.47. The van der Waals surface area contributed by atoms with E-state index in [1.165, 1.54) is 40.0 Å². The quantitative estimate of drug-likeness (QED) is 0.179. The normalized spacial score (nSPS) is 21.1. The molecular formula is C28H32N4O4S3. The lowest BCUT2D eigenvalue weighted by atomic mass is 9.81. The minimum absolute atomic E-state index is 0.0162. The van der Waals surface area contributed by atoms with Crippen LogP contribution in [0, 0.1) is 22.0 Å². The lowest BCUT2D eigenvalue weighted by Gasteiger charge is -2.36. The molecule has 4 aromatic rings. The minimum atomic E-state index is -3.41. The molecule has 0 atom stereocenters. The average Bonchev–Trinajstić information content (AvgIpc) is 3.58. The number of thiophene rings is 1. The van der Waals surface area contributed by atoms with E-state index in [2.05, 4.69) is 34.1 Å². The van der Waals surface area contributed by atoms with Crippen LogP contribution < -0.4 is 4.90 Å².